The van der Waals surface area contributed by atoms with E-state index in [0.717, 1.165) is 60.1 Å². The van der Waals surface area contributed by atoms with Gasteiger partial charge in [-0.05, 0) is 121 Å². The normalized spacial score (nSPS) is 11.4. The smallest absolute Gasteiger partial charge is 0.343 e. The Morgan fingerprint density at radius 1 is 0.421 bits per heavy atom. The Labute approximate surface area is 344 Å². The number of ether oxygens (including phenoxy) is 3. The Morgan fingerprint density at radius 3 is 1.14 bits per heavy atom. The maximum absolute atomic E-state index is 12.8. The summed E-state index contributed by atoms with van der Waals surface area (Å²) in [5.74, 6) is 1.80. The van der Waals surface area contributed by atoms with Crippen LogP contribution in [0, 0.1) is 0 Å². The Hall–Kier alpha value is -4.71. The van der Waals surface area contributed by atoms with Crippen molar-refractivity contribution in [1.29, 1.82) is 0 Å². The van der Waals surface area contributed by atoms with E-state index < -0.39 is 5.97 Å². The standard InChI is InChI=1S/C51H68N2O4/c1-3-5-7-9-11-13-15-17-19-21-39-55-48-33-23-43(24-34-48)41-52-46-29-27-45(28-30-46)51(54)57-50-37-31-47(32-38-50)53-42-44-25-35-49(36-26-44)56-40-22-20-18-16-14-12-10-8-6-4-2/h23-38,41-42H,3-22,39-40H2,1-2H3. The van der Waals surface area contributed by atoms with E-state index in [0.29, 0.717) is 11.3 Å². The van der Waals surface area contributed by atoms with Crippen LogP contribution in [0.5, 0.6) is 17.2 Å². The molecule has 0 fully saturated rings. The fourth-order valence-electron chi connectivity index (χ4n) is 6.61. The third-order valence-corrected chi connectivity index (χ3v) is 10.2. The molecule has 4 aromatic rings. The van der Waals surface area contributed by atoms with Crippen molar-refractivity contribution in [2.75, 3.05) is 13.2 Å². The van der Waals surface area contributed by atoms with Gasteiger partial charge >= 0.3 is 5.97 Å². The molecular formula is C51H68N2O4. The van der Waals surface area contributed by atoms with Crippen LogP contribution in [0.15, 0.2) is 107 Å². The van der Waals surface area contributed by atoms with E-state index in [4.69, 9.17) is 14.2 Å². The van der Waals surface area contributed by atoms with Gasteiger partial charge in [-0.15, -0.1) is 0 Å². The zero-order valence-corrected chi connectivity index (χ0v) is 35.0. The Bertz CT molecular complexity index is 1680. The van der Waals surface area contributed by atoms with Gasteiger partial charge in [-0.2, -0.15) is 0 Å². The van der Waals surface area contributed by atoms with Gasteiger partial charge in [0.2, 0.25) is 0 Å². The Kier molecular flexibility index (Phi) is 22.6. The summed E-state index contributed by atoms with van der Waals surface area (Å²) in [4.78, 5) is 22.0. The monoisotopic (exact) mass is 773 g/mol. The van der Waals surface area contributed by atoms with Gasteiger partial charge in [-0.3, -0.25) is 9.98 Å². The molecule has 0 bridgehead atoms. The lowest BCUT2D eigenvalue weighted by atomic mass is 10.1. The molecule has 0 radical (unpaired) electrons. The summed E-state index contributed by atoms with van der Waals surface area (Å²) in [5.41, 5.74) is 3.94. The van der Waals surface area contributed by atoms with E-state index >= 15 is 0 Å². The van der Waals surface area contributed by atoms with Gasteiger partial charge < -0.3 is 14.2 Å². The molecular weight excluding hydrogens is 705 g/mol. The third kappa shape index (κ3) is 19.8. The number of benzene rings is 4. The van der Waals surface area contributed by atoms with Gasteiger partial charge in [0.15, 0.2) is 0 Å². The van der Waals surface area contributed by atoms with Crippen LogP contribution in [-0.4, -0.2) is 31.6 Å². The van der Waals surface area contributed by atoms with Gasteiger partial charge in [0.05, 0.1) is 30.2 Å². The lowest BCUT2D eigenvalue weighted by Gasteiger charge is -2.07. The first-order valence-corrected chi connectivity index (χ1v) is 22.1. The van der Waals surface area contributed by atoms with E-state index in [-0.39, 0.29) is 0 Å². The van der Waals surface area contributed by atoms with Crippen LogP contribution >= 0.6 is 0 Å². The number of hydrogen-bond donors (Lipinski definition) is 0. The predicted molar refractivity (Wildman–Crippen MR) is 240 cm³/mol. The molecule has 0 amide bonds. The Balaban J connectivity index is 1.08. The van der Waals surface area contributed by atoms with E-state index in [1.54, 1.807) is 24.3 Å². The van der Waals surface area contributed by atoms with Crippen molar-refractivity contribution in [1.82, 2.24) is 0 Å². The van der Waals surface area contributed by atoms with E-state index in [9.17, 15) is 4.79 Å². The van der Waals surface area contributed by atoms with Gasteiger partial charge in [0, 0.05) is 12.4 Å². The number of nitrogens with zero attached hydrogens (tertiary/aromatic N) is 2. The van der Waals surface area contributed by atoms with Crippen molar-refractivity contribution in [2.24, 2.45) is 9.98 Å². The lowest BCUT2D eigenvalue weighted by Crippen LogP contribution is -2.07. The number of rotatable bonds is 30. The molecule has 0 heterocycles. The number of aliphatic imine (C=N–C) groups is 2. The molecule has 0 saturated carbocycles. The molecule has 0 unspecified atom stereocenters. The number of unbranched alkanes of at least 4 members (excludes halogenated alkanes) is 18. The molecule has 4 aromatic carbocycles. The van der Waals surface area contributed by atoms with Crippen molar-refractivity contribution < 1.29 is 19.0 Å². The molecule has 0 saturated heterocycles. The Morgan fingerprint density at radius 2 is 0.754 bits per heavy atom. The molecule has 57 heavy (non-hydrogen) atoms. The van der Waals surface area contributed by atoms with Gasteiger partial charge in [0.25, 0.3) is 0 Å². The molecule has 0 atom stereocenters. The first-order chi connectivity index (χ1) is 28.1. The molecule has 4 rings (SSSR count). The average Bonchev–Trinajstić information content (AvgIpc) is 3.24. The van der Waals surface area contributed by atoms with Crippen molar-refractivity contribution in [2.45, 2.75) is 142 Å². The molecule has 0 aromatic heterocycles. The average molecular weight is 773 g/mol. The van der Waals surface area contributed by atoms with Gasteiger partial charge in [-0.1, -0.05) is 129 Å². The van der Waals surface area contributed by atoms with E-state index in [1.165, 1.54) is 116 Å². The molecule has 6 nitrogen and oxygen atoms in total. The van der Waals surface area contributed by atoms with Crippen molar-refractivity contribution >= 4 is 29.8 Å². The highest BCUT2D eigenvalue weighted by molar-refractivity contribution is 5.91. The molecule has 0 N–H and O–H groups in total. The third-order valence-electron chi connectivity index (χ3n) is 10.2. The number of carbonyl (C=O) groups is 1. The maximum Gasteiger partial charge on any atom is 0.343 e. The van der Waals surface area contributed by atoms with Crippen LogP contribution < -0.4 is 14.2 Å². The lowest BCUT2D eigenvalue weighted by molar-refractivity contribution is 0.0734. The van der Waals surface area contributed by atoms with Crippen LogP contribution in [0.2, 0.25) is 0 Å². The molecule has 6 heteroatoms. The molecule has 0 aliphatic rings. The fourth-order valence-corrected chi connectivity index (χ4v) is 6.61. The second-order valence-corrected chi connectivity index (χ2v) is 15.1. The first-order valence-electron chi connectivity index (χ1n) is 22.1. The minimum Gasteiger partial charge on any atom is -0.494 e. The minimum atomic E-state index is -0.425. The molecule has 0 spiro atoms. The quantitative estimate of drug-likeness (QED) is 0.0229. The molecule has 0 aliphatic heterocycles. The highest BCUT2D eigenvalue weighted by Crippen LogP contribution is 2.22. The SMILES string of the molecule is CCCCCCCCCCCCOc1ccc(C=Nc2ccc(OC(=O)c3ccc(N=Cc4ccc(OCCCCCCCCCCCC)cc4)cc3)cc2)cc1. The summed E-state index contributed by atoms with van der Waals surface area (Å²) in [6.45, 7) is 6.05. The summed E-state index contributed by atoms with van der Waals surface area (Å²) in [6, 6.07) is 30.3. The van der Waals surface area contributed by atoms with Crippen molar-refractivity contribution in [3.8, 4) is 17.2 Å². The highest BCUT2D eigenvalue weighted by atomic mass is 16.5. The minimum absolute atomic E-state index is 0.425. The second kappa shape index (κ2) is 28.6. The number of hydrogen-bond acceptors (Lipinski definition) is 6. The topological polar surface area (TPSA) is 69.5 Å². The molecule has 306 valence electrons. The summed E-state index contributed by atoms with van der Waals surface area (Å²) in [7, 11) is 0. The number of esters is 1. The van der Waals surface area contributed by atoms with Gasteiger partial charge in [0.1, 0.15) is 17.2 Å². The van der Waals surface area contributed by atoms with Gasteiger partial charge in [-0.25, -0.2) is 4.79 Å². The van der Waals surface area contributed by atoms with Crippen LogP contribution in [0.25, 0.3) is 0 Å². The predicted octanol–water partition coefficient (Wildman–Crippen LogP) is 15.0. The fraction of sp³-hybridized carbons (Fsp3) is 0.471. The van der Waals surface area contributed by atoms with E-state index in [2.05, 4.69) is 23.8 Å². The van der Waals surface area contributed by atoms with Crippen LogP contribution in [0.1, 0.15) is 164 Å². The van der Waals surface area contributed by atoms with Crippen LogP contribution in [0.4, 0.5) is 11.4 Å². The van der Waals surface area contributed by atoms with Crippen LogP contribution in [0.3, 0.4) is 0 Å². The maximum atomic E-state index is 12.8. The molecule has 0 aliphatic carbocycles. The summed E-state index contributed by atoms with van der Waals surface area (Å²) in [6.07, 6.45) is 30.0. The zero-order valence-electron chi connectivity index (χ0n) is 35.0. The van der Waals surface area contributed by atoms with Crippen molar-refractivity contribution in [3.63, 3.8) is 0 Å². The van der Waals surface area contributed by atoms with E-state index in [1.807, 2.05) is 85.2 Å². The number of carbonyl (C=O) groups excluding carboxylic acids is 1. The summed E-state index contributed by atoms with van der Waals surface area (Å²) < 4.78 is 17.5. The van der Waals surface area contributed by atoms with Crippen molar-refractivity contribution in [3.05, 3.63) is 114 Å². The highest BCUT2D eigenvalue weighted by Gasteiger charge is 2.09. The first kappa shape index (κ1) is 45.0. The zero-order chi connectivity index (χ0) is 40.0. The summed E-state index contributed by atoms with van der Waals surface area (Å²) in [5, 5.41) is 0. The van der Waals surface area contributed by atoms with Crippen LogP contribution in [-0.2, 0) is 0 Å². The second-order valence-electron chi connectivity index (χ2n) is 15.1. The summed E-state index contributed by atoms with van der Waals surface area (Å²) >= 11 is 0. The largest absolute Gasteiger partial charge is 0.494 e.